The second kappa shape index (κ2) is 16.2. The zero-order valence-electron chi connectivity index (χ0n) is 29.5. The number of aryl methyl sites for hydroxylation is 2. The van der Waals surface area contributed by atoms with Crippen molar-refractivity contribution in [3.63, 3.8) is 0 Å². The average Bonchev–Trinajstić information content (AvgIpc) is 3.91. The van der Waals surface area contributed by atoms with E-state index in [1.807, 2.05) is 48.6 Å². The highest BCUT2D eigenvalue weighted by Gasteiger charge is 2.22. The van der Waals surface area contributed by atoms with Crippen molar-refractivity contribution < 1.29 is 26.6 Å². The Morgan fingerprint density at radius 3 is 1.61 bits per heavy atom. The average molecular weight is 965 g/mol. The van der Waals surface area contributed by atoms with Gasteiger partial charge in [0.1, 0.15) is 49.9 Å². The standard InChI is InChI=1S/C18H15F2N5O.C10H6F2INO.C8H9IN4/c1-9(2)18-22-21-15-7-6-14(23-25(15)18)16-10(3)26-24-17(16)12-5-4-11(19)8-13(12)20;1-5-9(13)10(14-15-5)7-3-2-6(11)4-8(7)12;1-5(2)8-11-10-7-4-3-6(9)12-13(7)8/h4-9H,1-3H3;2-4H,1H3;3-5H,1-2H3. The van der Waals surface area contributed by atoms with E-state index in [0.29, 0.717) is 45.9 Å². The molecule has 12 nitrogen and oxygen atoms in total. The van der Waals surface area contributed by atoms with Gasteiger partial charge in [-0.2, -0.15) is 19.2 Å². The highest BCUT2D eigenvalue weighted by atomic mass is 127. The quantitative estimate of drug-likeness (QED) is 0.121. The first kappa shape index (κ1) is 38.9. The second-order valence-electron chi connectivity index (χ2n) is 12.5. The van der Waals surface area contributed by atoms with Gasteiger partial charge in [-0.05, 0) is 108 Å². The van der Waals surface area contributed by atoms with Crippen LogP contribution >= 0.6 is 45.2 Å². The van der Waals surface area contributed by atoms with E-state index in [9.17, 15) is 17.6 Å². The molecule has 0 saturated carbocycles. The van der Waals surface area contributed by atoms with Crippen molar-refractivity contribution in [3.8, 4) is 33.8 Å². The van der Waals surface area contributed by atoms with Crippen molar-refractivity contribution in [1.82, 2.24) is 49.9 Å². The van der Waals surface area contributed by atoms with Gasteiger partial charge in [0, 0.05) is 35.1 Å². The van der Waals surface area contributed by atoms with E-state index in [1.54, 1.807) is 35.0 Å². The van der Waals surface area contributed by atoms with Crippen LogP contribution in [-0.4, -0.2) is 49.9 Å². The van der Waals surface area contributed by atoms with Crippen LogP contribution in [-0.2, 0) is 0 Å². The summed E-state index contributed by atoms with van der Waals surface area (Å²) >= 11 is 4.19. The summed E-state index contributed by atoms with van der Waals surface area (Å²) in [6.07, 6.45) is 0. The van der Waals surface area contributed by atoms with Crippen molar-refractivity contribution in [3.05, 3.63) is 114 Å². The van der Waals surface area contributed by atoms with E-state index < -0.39 is 23.3 Å². The van der Waals surface area contributed by atoms with Crippen LogP contribution in [0.4, 0.5) is 17.6 Å². The van der Waals surface area contributed by atoms with Gasteiger partial charge in [-0.3, -0.25) is 0 Å². The molecule has 2 aromatic carbocycles. The molecule has 18 heteroatoms. The molecule has 0 N–H and O–H groups in total. The second-order valence-corrected chi connectivity index (χ2v) is 14.6. The number of aromatic nitrogens is 10. The fourth-order valence-corrected chi connectivity index (χ4v) is 6.07. The van der Waals surface area contributed by atoms with Gasteiger partial charge < -0.3 is 9.05 Å². The van der Waals surface area contributed by atoms with Crippen LogP contribution in [0.15, 0.2) is 69.7 Å². The molecule has 0 atom stereocenters. The summed E-state index contributed by atoms with van der Waals surface area (Å²) in [7, 11) is 0. The summed E-state index contributed by atoms with van der Waals surface area (Å²) in [6.45, 7) is 11.6. The largest absolute Gasteiger partial charge is 0.360 e. The van der Waals surface area contributed by atoms with Gasteiger partial charge >= 0.3 is 0 Å². The lowest BCUT2D eigenvalue weighted by molar-refractivity contribution is 0.398. The number of nitrogens with zero attached hydrogens (tertiary/aromatic N) is 10. The molecule has 0 radical (unpaired) electrons. The lowest BCUT2D eigenvalue weighted by Crippen LogP contribution is -2.02. The summed E-state index contributed by atoms with van der Waals surface area (Å²) in [5.74, 6) is 0.591. The Bertz CT molecular complexity index is 2600. The maximum absolute atomic E-state index is 14.2. The van der Waals surface area contributed by atoms with Crippen LogP contribution < -0.4 is 0 Å². The molecule has 0 saturated heterocycles. The minimum Gasteiger partial charge on any atom is -0.360 e. The monoisotopic (exact) mass is 964 g/mol. The first-order valence-corrected chi connectivity index (χ1v) is 18.5. The van der Waals surface area contributed by atoms with Crippen molar-refractivity contribution in [1.29, 1.82) is 0 Å². The molecule has 0 spiro atoms. The van der Waals surface area contributed by atoms with Gasteiger partial charge in [0.05, 0.1) is 14.8 Å². The molecule has 0 aliphatic carbocycles. The minimum absolute atomic E-state index is 0.130. The molecular weight excluding hydrogens is 934 g/mol. The number of halogens is 6. The number of fused-ring (bicyclic) bond motifs is 2. The first-order chi connectivity index (χ1) is 25.7. The number of benzene rings is 2. The van der Waals surface area contributed by atoms with Gasteiger partial charge in [-0.1, -0.05) is 38.0 Å². The molecule has 0 amide bonds. The van der Waals surface area contributed by atoms with E-state index in [-0.39, 0.29) is 22.7 Å². The zero-order chi connectivity index (χ0) is 38.8. The Morgan fingerprint density at radius 2 is 1.09 bits per heavy atom. The SMILES string of the molecule is CC(C)c1nnc2ccc(I)nn12.Cc1onc(-c2ccc(F)cc2F)c1-c1ccc2nnc(C(C)C)n2n1.Cc1onc(-c2ccc(F)cc2F)c1I. The molecule has 0 fully saturated rings. The predicted octanol–water partition coefficient (Wildman–Crippen LogP) is 9.54. The summed E-state index contributed by atoms with van der Waals surface area (Å²) in [5, 5.41) is 33.0. The van der Waals surface area contributed by atoms with Crippen molar-refractivity contribution in [2.45, 2.75) is 53.4 Å². The van der Waals surface area contributed by atoms with Gasteiger partial charge in [0.2, 0.25) is 0 Å². The smallest absolute Gasteiger partial charge is 0.177 e. The van der Waals surface area contributed by atoms with Crippen LogP contribution in [0.5, 0.6) is 0 Å². The normalized spacial score (nSPS) is 11.3. The molecular formula is C36H30F4I2N10O2. The third-order valence-corrected chi connectivity index (χ3v) is 9.70. The van der Waals surface area contributed by atoms with Gasteiger partial charge in [-0.25, -0.2) is 17.6 Å². The zero-order valence-corrected chi connectivity index (χ0v) is 33.8. The molecule has 278 valence electrons. The van der Waals surface area contributed by atoms with E-state index in [1.165, 1.54) is 24.3 Å². The number of rotatable bonds is 5. The summed E-state index contributed by atoms with van der Waals surface area (Å²) in [6, 6.07) is 14.1. The van der Waals surface area contributed by atoms with Crippen LogP contribution in [0.25, 0.3) is 45.1 Å². The van der Waals surface area contributed by atoms with Crippen LogP contribution in [0.1, 0.15) is 62.7 Å². The van der Waals surface area contributed by atoms with Gasteiger partial charge in [-0.15, -0.1) is 20.4 Å². The summed E-state index contributed by atoms with van der Waals surface area (Å²) in [4.78, 5) is 0. The number of hydrogen-bond donors (Lipinski definition) is 0. The van der Waals surface area contributed by atoms with Crippen LogP contribution in [0.2, 0.25) is 0 Å². The fourth-order valence-electron chi connectivity index (χ4n) is 5.19. The van der Waals surface area contributed by atoms with Crippen LogP contribution in [0.3, 0.4) is 0 Å². The highest BCUT2D eigenvalue weighted by Crippen LogP contribution is 2.35. The molecule has 8 rings (SSSR count). The third kappa shape index (κ3) is 8.12. The maximum atomic E-state index is 14.2. The molecule has 6 aromatic heterocycles. The third-order valence-electron chi connectivity index (χ3n) is 7.86. The molecule has 0 aliphatic heterocycles. The molecule has 8 aromatic rings. The Hall–Kier alpha value is -4.86. The molecule has 0 aliphatic rings. The van der Waals surface area contributed by atoms with Crippen LogP contribution in [0, 0.1) is 44.4 Å². The Labute approximate surface area is 332 Å². The lowest BCUT2D eigenvalue weighted by atomic mass is 10.0. The van der Waals surface area contributed by atoms with Gasteiger partial charge in [0.15, 0.2) is 22.9 Å². The van der Waals surface area contributed by atoms with E-state index in [4.69, 9.17) is 9.05 Å². The maximum Gasteiger partial charge on any atom is 0.177 e. The predicted molar refractivity (Wildman–Crippen MR) is 207 cm³/mol. The highest BCUT2D eigenvalue weighted by molar-refractivity contribution is 14.1. The first-order valence-electron chi connectivity index (χ1n) is 16.3. The van der Waals surface area contributed by atoms with Crippen molar-refractivity contribution >= 4 is 56.5 Å². The molecule has 54 heavy (non-hydrogen) atoms. The molecule has 0 unspecified atom stereocenters. The topological polar surface area (TPSA) is 138 Å². The summed E-state index contributed by atoms with van der Waals surface area (Å²) in [5.41, 5.74) is 3.57. The van der Waals surface area contributed by atoms with Crippen molar-refractivity contribution in [2.75, 3.05) is 0 Å². The van der Waals surface area contributed by atoms with Crippen molar-refractivity contribution in [2.24, 2.45) is 0 Å². The number of hydrogen-bond acceptors (Lipinski definition) is 10. The Balaban J connectivity index is 0.000000151. The minimum atomic E-state index is -0.715. The Kier molecular flexibility index (Phi) is 11.7. The van der Waals surface area contributed by atoms with Gasteiger partial charge in [0.25, 0.3) is 0 Å². The Morgan fingerprint density at radius 1 is 0.593 bits per heavy atom. The molecule has 6 heterocycles. The van der Waals surface area contributed by atoms with E-state index in [2.05, 4.69) is 77.3 Å². The van der Waals surface area contributed by atoms with E-state index >= 15 is 0 Å². The fraction of sp³-hybridized carbons (Fsp3) is 0.222. The molecule has 0 bridgehead atoms. The summed E-state index contributed by atoms with van der Waals surface area (Å²) < 4.78 is 68.9. The van der Waals surface area contributed by atoms with E-state index in [0.717, 1.165) is 30.9 Å². The lowest BCUT2D eigenvalue weighted by Gasteiger charge is -2.06.